The van der Waals surface area contributed by atoms with Crippen LogP contribution in [0.15, 0.2) is 67.3 Å². The average Bonchev–Trinajstić information content (AvgIpc) is 3.63. The number of aliphatic hydroxyl groups is 1. The molecule has 11 heteroatoms. The van der Waals surface area contributed by atoms with E-state index in [1.807, 2.05) is 18.2 Å². The lowest BCUT2D eigenvalue weighted by molar-refractivity contribution is 0.0630. The molecule has 1 aromatic carbocycles. The lowest BCUT2D eigenvalue weighted by Gasteiger charge is -2.20. The Morgan fingerprint density at radius 1 is 1.16 bits per heavy atom. The Morgan fingerprint density at radius 3 is 2.65 bits per heavy atom. The smallest absolute Gasteiger partial charge is 0.268 e. The second-order valence-corrected chi connectivity index (χ2v) is 10.3. The highest BCUT2D eigenvalue weighted by molar-refractivity contribution is 7.17. The minimum Gasteiger partial charge on any atom is -0.389 e. The fourth-order valence-electron chi connectivity index (χ4n) is 3.94. The number of imidazole rings is 1. The Kier molecular flexibility index (Phi) is 6.32. The van der Waals surface area contributed by atoms with Crippen LogP contribution in [0.4, 0.5) is 11.6 Å². The van der Waals surface area contributed by atoms with Crippen molar-refractivity contribution in [3.63, 3.8) is 0 Å². The predicted molar refractivity (Wildman–Crippen MR) is 143 cm³/mol. The maximum atomic E-state index is 13.1. The van der Waals surface area contributed by atoms with Crippen molar-refractivity contribution in [2.45, 2.75) is 26.0 Å². The van der Waals surface area contributed by atoms with Gasteiger partial charge in [0, 0.05) is 47.3 Å². The number of carbonyl (C=O) groups excluding carboxylic acids is 2. The number of benzene rings is 1. The number of fused-ring (bicyclic) bond motifs is 1. The number of pyridine rings is 1. The van der Waals surface area contributed by atoms with Gasteiger partial charge in [0.1, 0.15) is 0 Å². The third kappa shape index (κ3) is 5.13. The van der Waals surface area contributed by atoms with Gasteiger partial charge in [-0.2, -0.15) is 5.10 Å². The summed E-state index contributed by atoms with van der Waals surface area (Å²) in [6.45, 7) is 3.59. The number of aromatic amines is 1. The molecule has 0 fully saturated rings. The van der Waals surface area contributed by atoms with Crippen LogP contribution >= 0.6 is 11.3 Å². The highest BCUT2D eigenvalue weighted by Gasteiger charge is 2.23. The number of amides is 2. The van der Waals surface area contributed by atoms with Crippen molar-refractivity contribution in [3.05, 3.63) is 77.7 Å². The summed E-state index contributed by atoms with van der Waals surface area (Å²) < 4.78 is 1.77. The number of aromatic nitrogens is 5. The molecule has 5 rings (SSSR count). The molecule has 0 aliphatic heterocycles. The highest BCUT2D eigenvalue weighted by Crippen LogP contribution is 2.30. The van der Waals surface area contributed by atoms with E-state index in [1.54, 1.807) is 74.5 Å². The number of nitrogens with zero attached hydrogens (tertiary/aromatic N) is 5. The van der Waals surface area contributed by atoms with Crippen LogP contribution < -0.4 is 10.2 Å². The fourth-order valence-corrected chi connectivity index (χ4v) is 4.82. The van der Waals surface area contributed by atoms with E-state index in [-0.39, 0.29) is 18.4 Å². The summed E-state index contributed by atoms with van der Waals surface area (Å²) in [6, 6.07) is 12.4. The van der Waals surface area contributed by atoms with E-state index in [2.05, 4.69) is 25.5 Å². The number of thiophene rings is 1. The molecular weight excluding hydrogens is 490 g/mol. The summed E-state index contributed by atoms with van der Waals surface area (Å²) in [7, 11) is 1.69. The van der Waals surface area contributed by atoms with E-state index in [0.717, 1.165) is 16.0 Å². The van der Waals surface area contributed by atoms with Gasteiger partial charge in [-0.3, -0.25) is 25.0 Å². The topological polar surface area (TPSA) is 129 Å². The second kappa shape index (κ2) is 9.60. The molecule has 0 saturated carbocycles. The van der Waals surface area contributed by atoms with E-state index in [4.69, 9.17) is 0 Å². The van der Waals surface area contributed by atoms with Gasteiger partial charge < -0.3 is 14.6 Å². The Hall–Kier alpha value is -4.35. The van der Waals surface area contributed by atoms with Gasteiger partial charge in [-0.1, -0.05) is 0 Å². The molecule has 0 saturated heterocycles. The van der Waals surface area contributed by atoms with E-state index in [9.17, 15) is 14.7 Å². The third-order valence-corrected chi connectivity index (χ3v) is 6.87. The van der Waals surface area contributed by atoms with Crippen molar-refractivity contribution >= 4 is 45.8 Å². The van der Waals surface area contributed by atoms with Gasteiger partial charge in [0.15, 0.2) is 0 Å². The quantitative estimate of drug-likeness (QED) is 0.298. The first-order valence-electron chi connectivity index (χ1n) is 11.5. The number of anilines is 2. The first-order chi connectivity index (χ1) is 17.7. The summed E-state index contributed by atoms with van der Waals surface area (Å²) >= 11 is 1.34. The number of nitrogens with one attached hydrogen (secondary N) is 2. The lowest BCUT2D eigenvalue weighted by atomic mass is 10.1. The molecule has 10 nitrogen and oxygen atoms in total. The fraction of sp³-hybridized carbons (Fsp3) is 0.192. The maximum absolute atomic E-state index is 13.1. The number of rotatable bonds is 7. The van der Waals surface area contributed by atoms with Crippen molar-refractivity contribution in [1.29, 1.82) is 0 Å². The van der Waals surface area contributed by atoms with Crippen molar-refractivity contribution in [1.82, 2.24) is 24.7 Å². The summed E-state index contributed by atoms with van der Waals surface area (Å²) in [5.74, 6) is -0.185. The zero-order valence-corrected chi connectivity index (χ0v) is 21.3. The first kappa shape index (κ1) is 24.3. The summed E-state index contributed by atoms with van der Waals surface area (Å²) in [5.41, 5.74) is 2.30. The third-order valence-electron chi connectivity index (χ3n) is 5.73. The van der Waals surface area contributed by atoms with E-state index >= 15 is 0 Å². The maximum Gasteiger partial charge on any atom is 0.268 e. The second-order valence-electron chi connectivity index (χ2n) is 9.21. The van der Waals surface area contributed by atoms with Crippen LogP contribution in [0.1, 0.15) is 33.9 Å². The van der Waals surface area contributed by atoms with Gasteiger partial charge in [0.25, 0.3) is 11.8 Å². The summed E-state index contributed by atoms with van der Waals surface area (Å²) in [6.07, 6.45) is 6.61. The molecule has 0 radical (unpaired) electrons. The first-order valence-corrected chi connectivity index (χ1v) is 12.3. The van der Waals surface area contributed by atoms with Crippen LogP contribution in [0.3, 0.4) is 0 Å². The molecule has 0 spiro atoms. The Morgan fingerprint density at radius 2 is 1.95 bits per heavy atom. The van der Waals surface area contributed by atoms with E-state index in [0.29, 0.717) is 27.6 Å². The molecule has 0 unspecified atom stereocenters. The van der Waals surface area contributed by atoms with Crippen LogP contribution in [0.25, 0.3) is 21.5 Å². The number of H-pyrrole nitrogens is 1. The molecule has 3 N–H and O–H groups in total. The van der Waals surface area contributed by atoms with Gasteiger partial charge in [0.05, 0.1) is 34.3 Å². The van der Waals surface area contributed by atoms with Gasteiger partial charge in [-0.25, -0.2) is 4.98 Å². The zero-order chi connectivity index (χ0) is 26.2. The minimum atomic E-state index is -1.06. The number of carbonyl (C=O) groups is 2. The van der Waals surface area contributed by atoms with Crippen LogP contribution in [0.2, 0.25) is 0 Å². The van der Waals surface area contributed by atoms with Crippen LogP contribution in [-0.4, -0.2) is 54.3 Å². The van der Waals surface area contributed by atoms with Gasteiger partial charge >= 0.3 is 0 Å². The zero-order valence-electron chi connectivity index (χ0n) is 20.5. The van der Waals surface area contributed by atoms with Crippen molar-refractivity contribution in [3.8, 4) is 10.4 Å². The molecule has 4 aromatic heterocycles. The predicted octanol–water partition coefficient (Wildman–Crippen LogP) is 4.18. The Labute approximate surface area is 216 Å². The molecular formula is C26H25N7O3S. The largest absolute Gasteiger partial charge is 0.389 e. The monoisotopic (exact) mass is 515 g/mol. The van der Waals surface area contributed by atoms with Gasteiger partial charge in [0.2, 0.25) is 5.95 Å². The van der Waals surface area contributed by atoms with Gasteiger partial charge in [-0.05, 0) is 56.3 Å². The van der Waals surface area contributed by atoms with Crippen LogP contribution in [0.5, 0.6) is 0 Å². The Bertz CT molecular complexity index is 1570. The molecule has 37 heavy (non-hydrogen) atoms. The van der Waals surface area contributed by atoms with Crippen molar-refractivity contribution in [2.24, 2.45) is 0 Å². The molecule has 0 atom stereocenters. The molecule has 4 heterocycles. The molecule has 188 valence electrons. The molecule has 2 amide bonds. The van der Waals surface area contributed by atoms with Crippen molar-refractivity contribution < 1.29 is 14.7 Å². The number of hydrogen-bond acceptors (Lipinski definition) is 7. The minimum absolute atomic E-state index is 0.183. The molecule has 0 aliphatic rings. The average molecular weight is 516 g/mol. The summed E-state index contributed by atoms with van der Waals surface area (Å²) in [5, 5.41) is 20.2. The van der Waals surface area contributed by atoms with Crippen LogP contribution in [-0.2, 0) is 6.54 Å². The Balaban J connectivity index is 1.46. The van der Waals surface area contributed by atoms with E-state index in [1.165, 1.54) is 16.2 Å². The number of hydrogen-bond donors (Lipinski definition) is 3. The van der Waals surface area contributed by atoms with Gasteiger partial charge in [-0.15, -0.1) is 11.3 Å². The standard InChI is InChI=1S/C26H25N7O3S/c1-26(2,36)15-33-20-5-4-18(32(3)24(35)16-8-10-27-11-9-16)12-19(20)30-25(33)31-23(34)22-7-6-21(37-22)17-13-28-29-14-17/h4-14,36H,15H2,1-3H3,(H,28,29)(H,30,31,34). The summed E-state index contributed by atoms with van der Waals surface area (Å²) in [4.78, 5) is 37.6. The normalized spacial score (nSPS) is 11.6. The molecule has 5 aromatic rings. The lowest BCUT2D eigenvalue weighted by Crippen LogP contribution is -2.27. The highest BCUT2D eigenvalue weighted by atomic mass is 32.1. The molecule has 0 bridgehead atoms. The molecule has 0 aliphatic carbocycles. The SMILES string of the molecule is CN(C(=O)c1ccncc1)c1ccc2c(c1)nc(NC(=O)c1ccc(-c3cn[nH]c3)s1)n2CC(C)(C)O. The van der Waals surface area contributed by atoms with E-state index < -0.39 is 5.60 Å². The van der Waals surface area contributed by atoms with Crippen LogP contribution in [0, 0.1) is 0 Å². The van der Waals surface area contributed by atoms with Crippen molar-refractivity contribution in [2.75, 3.05) is 17.3 Å².